The molecule has 9 heteroatoms. The molecule has 0 aliphatic carbocycles. The van der Waals surface area contributed by atoms with E-state index >= 15 is 0 Å². The number of piperidine rings is 1. The number of amides is 1. The maximum Gasteiger partial charge on any atom is 0.345 e. The van der Waals surface area contributed by atoms with E-state index in [4.69, 9.17) is 14.2 Å². The molecule has 1 aliphatic rings. The van der Waals surface area contributed by atoms with E-state index in [0.717, 1.165) is 12.8 Å². The molecule has 166 valence electrons. The van der Waals surface area contributed by atoms with E-state index in [1.54, 1.807) is 41.6 Å². The van der Waals surface area contributed by atoms with Crippen molar-refractivity contribution in [2.75, 3.05) is 27.3 Å². The molecule has 1 saturated heterocycles. The van der Waals surface area contributed by atoms with Crippen LogP contribution in [0.2, 0.25) is 0 Å². The third kappa shape index (κ3) is 4.27. The van der Waals surface area contributed by atoms with E-state index in [0.29, 0.717) is 35.8 Å². The number of carbonyl (C=O) groups excluding carboxylic acids is 2. The molecule has 0 bridgehead atoms. The summed E-state index contributed by atoms with van der Waals surface area (Å²) >= 11 is 0. The number of methoxy groups -OCH3 is 2. The van der Waals surface area contributed by atoms with Crippen LogP contribution in [0.4, 0.5) is 0 Å². The molecule has 1 unspecified atom stereocenters. The Balaban J connectivity index is 1.55. The maximum absolute atomic E-state index is 13.3. The molecule has 3 aromatic rings. The lowest BCUT2D eigenvalue weighted by Crippen LogP contribution is -2.44. The van der Waals surface area contributed by atoms with E-state index in [-0.39, 0.29) is 17.6 Å². The standard InChI is InChI=1S/C23H24N4O5/c1-30-19-10-5-11-20(21(19)23(29)31-2)32-16-7-6-14-26(15-16)22(28)17-8-3-4-9-18(17)27-24-12-13-25-27/h3-5,8-13,16H,6-7,14-15H2,1-2H3. The van der Waals surface area contributed by atoms with Crippen molar-refractivity contribution in [1.29, 1.82) is 0 Å². The minimum Gasteiger partial charge on any atom is -0.496 e. The van der Waals surface area contributed by atoms with Gasteiger partial charge in [-0.2, -0.15) is 15.0 Å². The van der Waals surface area contributed by atoms with Gasteiger partial charge in [0, 0.05) is 6.54 Å². The van der Waals surface area contributed by atoms with Gasteiger partial charge in [-0.05, 0) is 37.1 Å². The number of aromatic nitrogens is 3. The van der Waals surface area contributed by atoms with Crippen LogP contribution in [0.15, 0.2) is 54.9 Å². The molecule has 1 amide bonds. The zero-order valence-corrected chi connectivity index (χ0v) is 17.9. The van der Waals surface area contributed by atoms with Crippen LogP contribution in [0.25, 0.3) is 5.69 Å². The summed E-state index contributed by atoms with van der Waals surface area (Å²) in [6.07, 6.45) is 4.39. The van der Waals surface area contributed by atoms with Gasteiger partial charge in [-0.1, -0.05) is 18.2 Å². The molecule has 0 N–H and O–H groups in total. The average Bonchev–Trinajstić information content (AvgIpc) is 3.38. The Kier molecular flexibility index (Phi) is 6.34. The van der Waals surface area contributed by atoms with Crippen LogP contribution in [0.1, 0.15) is 33.6 Å². The summed E-state index contributed by atoms with van der Waals surface area (Å²) in [5.41, 5.74) is 1.36. The molecule has 0 saturated carbocycles. The average molecular weight is 436 g/mol. The SMILES string of the molecule is COC(=O)c1c(OC)cccc1OC1CCCN(C(=O)c2ccccc2-n2nccn2)C1. The number of carbonyl (C=O) groups is 2. The Morgan fingerprint density at radius 2 is 1.75 bits per heavy atom. The molecule has 1 atom stereocenters. The van der Waals surface area contributed by atoms with Crippen LogP contribution < -0.4 is 9.47 Å². The predicted octanol–water partition coefficient (Wildman–Crippen LogP) is 2.75. The Morgan fingerprint density at radius 1 is 1.00 bits per heavy atom. The highest BCUT2D eigenvalue weighted by Crippen LogP contribution is 2.31. The van der Waals surface area contributed by atoms with Crippen molar-refractivity contribution in [3.05, 3.63) is 66.0 Å². The lowest BCUT2D eigenvalue weighted by molar-refractivity contribution is 0.0506. The van der Waals surface area contributed by atoms with Crippen molar-refractivity contribution in [3.63, 3.8) is 0 Å². The number of ether oxygens (including phenoxy) is 3. The molecule has 1 fully saturated rings. The smallest absolute Gasteiger partial charge is 0.345 e. The second-order valence-corrected chi connectivity index (χ2v) is 7.29. The van der Waals surface area contributed by atoms with Crippen molar-refractivity contribution >= 4 is 11.9 Å². The lowest BCUT2D eigenvalue weighted by Gasteiger charge is -2.33. The summed E-state index contributed by atoms with van der Waals surface area (Å²) in [5.74, 6) is 0.0854. The van der Waals surface area contributed by atoms with Gasteiger partial charge >= 0.3 is 5.97 Å². The predicted molar refractivity (Wildman–Crippen MR) is 115 cm³/mol. The molecular formula is C23H24N4O5. The summed E-state index contributed by atoms with van der Waals surface area (Å²) in [6, 6.07) is 12.4. The molecule has 32 heavy (non-hydrogen) atoms. The van der Waals surface area contributed by atoms with E-state index in [1.165, 1.54) is 19.0 Å². The molecule has 1 aromatic heterocycles. The highest BCUT2D eigenvalue weighted by Gasteiger charge is 2.29. The Labute approximate surface area is 185 Å². The number of likely N-dealkylation sites (tertiary alicyclic amines) is 1. The van der Waals surface area contributed by atoms with Crippen molar-refractivity contribution in [1.82, 2.24) is 19.9 Å². The van der Waals surface area contributed by atoms with Gasteiger partial charge in [-0.25, -0.2) is 4.79 Å². The quantitative estimate of drug-likeness (QED) is 0.548. The normalized spacial score (nSPS) is 15.8. The van der Waals surface area contributed by atoms with Gasteiger partial charge in [-0.3, -0.25) is 4.79 Å². The zero-order chi connectivity index (χ0) is 22.5. The lowest BCUT2D eigenvalue weighted by atomic mass is 10.1. The van der Waals surface area contributed by atoms with Crippen LogP contribution in [0, 0.1) is 0 Å². The van der Waals surface area contributed by atoms with Gasteiger partial charge in [-0.15, -0.1) is 0 Å². The second-order valence-electron chi connectivity index (χ2n) is 7.29. The molecular weight excluding hydrogens is 412 g/mol. The fraction of sp³-hybridized carbons (Fsp3) is 0.304. The van der Waals surface area contributed by atoms with Crippen molar-refractivity contribution in [2.45, 2.75) is 18.9 Å². The summed E-state index contributed by atoms with van der Waals surface area (Å²) < 4.78 is 16.4. The first-order valence-corrected chi connectivity index (χ1v) is 10.3. The fourth-order valence-corrected chi connectivity index (χ4v) is 3.82. The molecule has 9 nitrogen and oxygen atoms in total. The third-order valence-electron chi connectivity index (χ3n) is 5.33. The summed E-state index contributed by atoms with van der Waals surface area (Å²) in [7, 11) is 2.80. The first kappa shape index (κ1) is 21.4. The second kappa shape index (κ2) is 9.51. The zero-order valence-electron chi connectivity index (χ0n) is 17.9. The van der Waals surface area contributed by atoms with Crippen LogP contribution >= 0.6 is 0 Å². The number of hydrogen-bond acceptors (Lipinski definition) is 7. The Bertz CT molecular complexity index is 1100. The number of benzene rings is 2. The van der Waals surface area contributed by atoms with Gasteiger partial charge in [0.05, 0.1) is 44.4 Å². The van der Waals surface area contributed by atoms with Crippen LogP contribution in [0.5, 0.6) is 11.5 Å². The largest absolute Gasteiger partial charge is 0.496 e. The summed E-state index contributed by atoms with van der Waals surface area (Å²) in [5, 5.41) is 8.30. The van der Waals surface area contributed by atoms with Gasteiger partial charge in [0.25, 0.3) is 5.91 Å². The Hall–Kier alpha value is -3.88. The summed E-state index contributed by atoms with van der Waals surface area (Å²) in [4.78, 5) is 28.8. The molecule has 0 radical (unpaired) electrons. The number of para-hydroxylation sites is 1. The summed E-state index contributed by atoms with van der Waals surface area (Å²) in [6.45, 7) is 0.999. The fourth-order valence-electron chi connectivity index (χ4n) is 3.82. The van der Waals surface area contributed by atoms with Crippen LogP contribution in [0.3, 0.4) is 0 Å². The highest BCUT2D eigenvalue weighted by atomic mass is 16.5. The van der Waals surface area contributed by atoms with Gasteiger partial charge in [0.1, 0.15) is 23.2 Å². The van der Waals surface area contributed by atoms with Gasteiger partial charge < -0.3 is 19.1 Å². The maximum atomic E-state index is 13.3. The highest BCUT2D eigenvalue weighted by molar-refractivity contribution is 5.98. The molecule has 2 aromatic carbocycles. The van der Waals surface area contributed by atoms with E-state index in [9.17, 15) is 9.59 Å². The van der Waals surface area contributed by atoms with Crippen LogP contribution in [-0.2, 0) is 4.74 Å². The van der Waals surface area contributed by atoms with Crippen molar-refractivity contribution in [3.8, 4) is 17.2 Å². The monoisotopic (exact) mass is 436 g/mol. The van der Waals surface area contributed by atoms with Crippen molar-refractivity contribution < 1.29 is 23.8 Å². The molecule has 4 rings (SSSR count). The molecule has 2 heterocycles. The topological polar surface area (TPSA) is 95.8 Å². The van der Waals surface area contributed by atoms with Gasteiger partial charge in [0.2, 0.25) is 0 Å². The molecule has 0 spiro atoms. The minimum absolute atomic E-state index is 0.120. The number of nitrogens with zero attached hydrogens (tertiary/aromatic N) is 4. The number of rotatable bonds is 6. The minimum atomic E-state index is -0.540. The molecule has 1 aliphatic heterocycles. The van der Waals surface area contributed by atoms with E-state index in [2.05, 4.69) is 10.2 Å². The number of hydrogen-bond donors (Lipinski definition) is 0. The van der Waals surface area contributed by atoms with Crippen molar-refractivity contribution in [2.24, 2.45) is 0 Å². The number of esters is 1. The van der Waals surface area contributed by atoms with Gasteiger partial charge in [0.15, 0.2) is 0 Å². The first-order chi connectivity index (χ1) is 15.6. The van der Waals surface area contributed by atoms with Crippen LogP contribution in [-0.4, -0.2) is 65.2 Å². The van der Waals surface area contributed by atoms with E-state index < -0.39 is 5.97 Å². The van der Waals surface area contributed by atoms with E-state index in [1.807, 2.05) is 18.2 Å². The first-order valence-electron chi connectivity index (χ1n) is 10.3. The Morgan fingerprint density at radius 3 is 2.50 bits per heavy atom. The third-order valence-corrected chi connectivity index (χ3v) is 5.33.